The summed E-state index contributed by atoms with van der Waals surface area (Å²) in [4.78, 5) is 4.30. The first kappa shape index (κ1) is 15.4. The largest absolute Gasteiger partial charge is 0.169 e. The number of thiol groups is 1. The van der Waals surface area contributed by atoms with Crippen LogP contribution in [0.2, 0.25) is 0 Å². The second kappa shape index (κ2) is 6.76. The normalized spacial score (nSPS) is 15.6. The molecule has 3 aromatic rings. The highest BCUT2D eigenvalue weighted by Gasteiger charge is 2.35. The van der Waals surface area contributed by atoms with Crippen molar-refractivity contribution < 1.29 is 0 Å². The van der Waals surface area contributed by atoms with Crippen molar-refractivity contribution in [1.82, 2.24) is 0 Å². The lowest BCUT2D eigenvalue weighted by Gasteiger charge is -2.47. The molecule has 3 aromatic carbocycles. The number of hydrogen-bond acceptors (Lipinski definition) is 0. The van der Waals surface area contributed by atoms with Crippen molar-refractivity contribution in [3.05, 3.63) is 114 Å². The molecule has 0 aliphatic carbocycles. The molecular formula is C22H20S2. The van der Waals surface area contributed by atoms with Crippen molar-refractivity contribution >= 4 is 19.0 Å². The van der Waals surface area contributed by atoms with E-state index < -0.39 is 19.0 Å². The second-order valence-electron chi connectivity index (χ2n) is 5.56. The molecule has 0 fully saturated rings. The standard InChI is InChI=1S/C22H20S2/c1-4-12-20(13-5-1)24(23-18-10-11-19-23,21-14-6-2-7-15-21)22-16-8-3-9-17-22/h1-19,23H. The summed E-state index contributed by atoms with van der Waals surface area (Å²) in [6.45, 7) is 0. The molecule has 0 radical (unpaired) electrons. The van der Waals surface area contributed by atoms with Crippen LogP contribution in [-0.4, -0.2) is 0 Å². The molecule has 0 nitrogen and oxygen atoms in total. The molecule has 0 bridgehead atoms. The van der Waals surface area contributed by atoms with Crippen LogP contribution in [0.3, 0.4) is 0 Å². The zero-order valence-corrected chi connectivity index (χ0v) is 15.0. The molecule has 0 atom stereocenters. The summed E-state index contributed by atoms with van der Waals surface area (Å²) in [5.74, 6) is 0. The van der Waals surface area contributed by atoms with Crippen molar-refractivity contribution in [2.24, 2.45) is 0 Å². The maximum Gasteiger partial charge on any atom is 0.00624 e. The summed E-state index contributed by atoms with van der Waals surface area (Å²) in [5.41, 5.74) is 0. The van der Waals surface area contributed by atoms with Crippen LogP contribution in [0.25, 0.3) is 0 Å². The summed E-state index contributed by atoms with van der Waals surface area (Å²) in [7, 11) is -1.72. The van der Waals surface area contributed by atoms with Crippen LogP contribution in [0.15, 0.2) is 129 Å². The van der Waals surface area contributed by atoms with Crippen LogP contribution in [0.5, 0.6) is 0 Å². The first-order valence-corrected chi connectivity index (χ1v) is 11.8. The Morgan fingerprint density at radius 1 is 0.458 bits per heavy atom. The summed E-state index contributed by atoms with van der Waals surface area (Å²) in [6, 6.07) is 33.2. The first-order chi connectivity index (χ1) is 11.9. The highest BCUT2D eigenvalue weighted by atomic mass is 33.2. The SMILES string of the molecule is C1=C[SH](S(c2ccccc2)(c2ccccc2)c2ccccc2)C=C1. The molecule has 0 saturated heterocycles. The van der Waals surface area contributed by atoms with Crippen LogP contribution in [-0.2, 0) is 0 Å². The number of benzene rings is 3. The monoisotopic (exact) mass is 348 g/mol. The average molecular weight is 349 g/mol. The van der Waals surface area contributed by atoms with Crippen molar-refractivity contribution in [1.29, 1.82) is 0 Å². The topological polar surface area (TPSA) is 0 Å². The van der Waals surface area contributed by atoms with Gasteiger partial charge in [-0.1, -0.05) is 66.7 Å². The highest BCUT2D eigenvalue weighted by molar-refractivity contribution is 9.03. The smallest absolute Gasteiger partial charge is 0.00624 e. The molecule has 1 heterocycles. The van der Waals surface area contributed by atoms with E-state index in [1.165, 1.54) is 14.7 Å². The van der Waals surface area contributed by atoms with E-state index in [4.69, 9.17) is 0 Å². The van der Waals surface area contributed by atoms with Gasteiger partial charge in [0, 0.05) is 14.7 Å². The molecule has 120 valence electrons. The van der Waals surface area contributed by atoms with E-state index >= 15 is 0 Å². The van der Waals surface area contributed by atoms with Crippen LogP contribution in [0.1, 0.15) is 0 Å². The van der Waals surface area contributed by atoms with Crippen molar-refractivity contribution in [3.8, 4) is 0 Å². The lowest BCUT2D eigenvalue weighted by atomic mass is 10.4. The van der Waals surface area contributed by atoms with E-state index in [-0.39, 0.29) is 0 Å². The van der Waals surface area contributed by atoms with Gasteiger partial charge in [-0.2, -0.15) is 9.93 Å². The molecule has 24 heavy (non-hydrogen) atoms. The Balaban J connectivity index is 2.07. The Labute approximate surface area is 147 Å². The van der Waals surface area contributed by atoms with Gasteiger partial charge in [-0.05, 0) is 47.2 Å². The van der Waals surface area contributed by atoms with E-state index in [1.54, 1.807) is 0 Å². The quantitative estimate of drug-likeness (QED) is 0.384. The maximum atomic E-state index is 2.41. The third-order valence-corrected chi connectivity index (χ3v) is 13.1. The molecule has 1 aliphatic rings. The Hall–Kier alpha value is -2.16. The minimum absolute atomic E-state index is 0.399. The van der Waals surface area contributed by atoms with Crippen molar-refractivity contribution in [3.63, 3.8) is 0 Å². The molecule has 0 spiro atoms. The molecular weight excluding hydrogens is 328 g/mol. The highest BCUT2D eigenvalue weighted by Crippen LogP contribution is 2.84. The maximum absolute atomic E-state index is 2.41. The van der Waals surface area contributed by atoms with Crippen LogP contribution < -0.4 is 0 Å². The van der Waals surface area contributed by atoms with Gasteiger partial charge in [0.25, 0.3) is 0 Å². The minimum atomic E-state index is -1.32. The number of hydrogen-bond donors (Lipinski definition) is 1. The van der Waals surface area contributed by atoms with E-state index in [2.05, 4.69) is 114 Å². The second-order valence-corrected chi connectivity index (χ2v) is 12.4. The predicted octanol–water partition coefficient (Wildman–Crippen LogP) is 6.93. The zero-order valence-electron chi connectivity index (χ0n) is 13.3. The molecule has 4 rings (SSSR count). The zero-order chi connectivity index (χ0) is 16.2. The van der Waals surface area contributed by atoms with Crippen LogP contribution in [0.4, 0.5) is 0 Å². The van der Waals surface area contributed by atoms with Gasteiger partial charge in [-0.15, -0.1) is 9.06 Å². The van der Waals surface area contributed by atoms with E-state index in [9.17, 15) is 0 Å². The Bertz CT molecular complexity index is 744. The molecule has 0 aromatic heterocycles. The predicted molar refractivity (Wildman–Crippen MR) is 109 cm³/mol. The molecule has 0 amide bonds. The first-order valence-electron chi connectivity index (χ1n) is 8.04. The Morgan fingerprint density at radius 2 is 0.792 bits per heavy atom. The minimum Gasteiger partial charge on any atom is -0.169 e. The van der Waals surface area contributed by atoms with Crippen LogP contribution >= 0.6 is 19.0 Å². The van der Waals surface area contributed by atoms with E-state index in [1.807, 2.05) is 0 Å². The number of rotatable bonds is 4. The Morgan fingerprint density at radius 3 is 1.12 bits per heavy atom. The Kier molecular flexibility index (Phi) is 4.33. The van der Waals surface area contributed by atoms with Gasteiger partial charge in [0.15, 0.2) is 0 Å². The van der Waals surface area contributed by atoms with Gasteiger partial charge in [0.2, 0.25) is 0 Å². The van der Waals surface area contributed by atoms with E-state index in [0.29, 0.717) is 0 Å². The third kappa shape index (κ3) is 2.52. The molecule has 0 saturated carbocycles. The fraction of sp³-hybridized carbons (Fsp3) is 0. The summed E-state index contributed by atoms with van der Waals surface area (Å²) in [5, 5.41) is 4.83. The number of allylic oxidation sites excluding steroid dienone is 2. The molecule has 0 N–H and O–H groups in total. The molecule has 1 aliphatic heterocycles. The fourth-order valence-electron chi connectivity index (χ4n) is 3.13. The van der Waals surface area contributed by atoms with Crippen molar-refractivity contribution in [2.45, 2.75) is 14.7 Å². The van der Waals surface area contributed by atoms with Gasteiger partial charge in [0.1, 0.15) is 0 Å². The average Bonchev–Trinajstić information content (AvgIpc) is 3.20. The molecule has 0 unspecified atom stereocenters. The van der Waals surface area contributed by atoms with Gasteiger partial charge < -0.3 is 0 Å². The third-order valence-electron chi connectivity index (χ3n) is 4.15. The van der Waals surface area contributed by atoms with Gasteiger partial charge in [-0.25, -0.2) is 0 Å². The van der Waals surface area contributed by atoms with Gasteiger partial charge >= 0.3 is 0 Å². The van der Waals surface area contributed by atoms with Crippen molar-refractivity contribution in [2.75, 3.05) is 0 Å². The summed E-state index contributed by atoms with van der Waals surface area (Å²) < 4.78 is 0. The van der Waals surface area contributed by atoms with Crippen LogP contribution in [0, 0.1) is 0 Å². The summed E-state index contributed by atoms with van der Waals surface area (Å²) in [6.07, 6.45) is 4.42. The van der Waals surface area contributed by atoms with E-state index in [0.717, 1.165) is 0 Å². The fourth-order valence-corrected chi connectivity index (χ4v) is 12.1. The molecule has 2 heteroatoms. The van der Waals surface area contributed by atoms with Gasteiger partial charge in [0.05, 0.1) is 0 Å². The lowest BCUT2D eigenvalue weighted by molar-refractivity contribution is 1.32. The van der Waals surface area contributed by atoms with Gasteiger partial charge in [-0.3, -0.25) is 0 Å². The lowest BCUT2D eigenvalue weighted by Crippen LogP contribution is -2.02. The summed E-state index contributed by atoms with van der Waals surface area (Å²) >= 11 is 0.